The molecule has 0 unspecified atom stereocenters. The molecule has 0 aliphatic carbocycles. The number of halogens is 1. The van der Waals surface area contributed by atoms with Gasteiger partial charge in [-0.1, -0.05) is 11.6 Å². The van der Waals surface area contributed by atoms with Gasteiger partial charge in [0.2, 0.25) is 0 Å². The van der Waals surface area contributed by atoms with Crippen LogP contribution in [0.2, 0.25) is 5.02 Å². The number of hydrogen-bond acceptors (Lipinski definition) is 6. The van der Waals surface area contributed by atoms with E-state index in [4.69, 9.17) is 16.3 Å². The van der Waals surface area contributed by atoms with E-state index in [1.54, 1.807) is 12.1 Å². The van der Waals surface area contributed by atoms with Crippen LogP contribution in [-0.2, 0) is 19.6 Å². The highest BCUT2D eigenvalue weighted by molar-refractivity contribution is 7.92. The molecule has 1 aliphatic rings. The number of ether oxygens (including phenoxy) is 1. The average Bonchev–Trinajstić information content (AvgIpc) is 2.74. The molecule has 2 aromatic carbocycles. The fourth-order valence-corrected chi connectivity index (χ4v) is 4.64. The lowest BCUT2D eigenvalue weighted by atomic mass is 10.3. The van der Waals surface area contributed by atoms with Crippen molar-refractivity contribution in [3.05, 3.63) is 53.6 Å². The molecule has 3 rings (SSSR count). The molecular weight excluding hydrogens is 430 g/mol. The minimum absolute atomic E-state index is 0.0115. The van der Waals surface area contributed by atoms with Crippen molar-refractivity contribution in [1.82, 2.24) is 4.90 Å². The zero-order valence-corrected chi connectivity index (χ0v) is 17.9. The standard InChI is InChI=1S/C20H24ClN3O5S/c21-16-1-5-18(6-2-16)24(15-20(25)26)30(27,28)19-7-3-17(4-8-19)22-9-10-23-11-13-29-14-12-23/h1-8,22H,9-15H2,(H,25,26). The van der Waals surface area contributed by atoms with Crippen LogP contribution in [0.15, 0.2) is 53.4 Å². The van der Waals surface area contributed by atoms with Crippen molar-refractivity contribution in [3.8, 4) is 0 Å². The number of hydrogen-bond donors (Lipinski definition) is 2. The van der Waals surface area contributed by atoms with Crippen LogP contribution in [0.25, 0.3) is 0 Å². The number of nitrogens with one attached hydrogen (secondary N) is 1. The third kappa shape index (κ3) is 5.85. The number of nitrogens with zero attached hydrogens (tertiary/aromatic N) is 2. The van der Waals surface area contributed by atoms with Crippen molar-refractivity contribution in [2.75, 3.05) is 55.6 Å². The van der Waals surface area contributed by atoms with Crippen LogP contribution in [0.4, 0.5) is 11.4 Å². The lowest BCUT2D eigenvalue weighted by Gasteiger charge is -2.26. The summed E-state index contributed by atoms with van der Waals surface area (Å²) in [6, 6.07) is 12.3. The Kier molecular flexibility index (Phi) is 7.54. The van der Waals surface area contributed by atoms with Gasteiger partial charge in [-0.25, -0.2) is 8.42 Å². The Balaban J connectivity index is 1.70. The summed E-state index contributed by atoms with van der Waals surface area (Å²) in [5.41, 5.74) is 1.02. The molecule has 2 aromatic rings. The third-order valence-corrected chi connectivity index (χ3v) is 6.74. The molecule has 0 atom stereocenters. The summed E-state index contributed by atoms with van der Waals surface area (Å²) in [5.74, 6) is -1.25. The van der Waals surface area contributed by atoms with Gasteiger partial charge in [0.1, 0.15) is 6.54 Å². The number of morpholine rings is 1. The van der Waals surface area contributed by atoms with Crippen LogP contribution in [0.3, 0.4) is 0 Å². The van der Waals surface area contributed by atoms with Crippen LogP contribution < -0.4 is 9.62 Å². The third-order valence-electron chi connectivity index (χ3n) is 4.70. The maximum atomic E-state index is 13.1. The maximum absolute atomic E-state index is 13.1. The number of carboxylic acid groups (broad SMARTS) is 1. The molecule has 0 saturated carbocycles. The Labute approximate surface area is 181 Å². The summed E-state index contributed by atoms with van der Waals surface area (Å²) in [6.45, 7) is 4.20. The second-order valence-electron chi connectivity index (χ2n) is 6.79. The molecule has 1 fully saturated rings. The summed E-state index contributed by atoms with van der Waals surface area (Å²) in [4.78, 5) is 13.6. The maximum Gasteiger partial charge on any atom is 0.324 e. The first-order chi connectivity index (χ1) is 14.4. The van der Waals surface area contributed by atoms with Gasteiger partial charge in [-0.2, -0.15) is 0 Å². The van der Waals surface area contributed by atoms with E-state index in [2.05, 4.69) is 10.2 Å². The molecule has 162 valence electrons. The van der Waals surface area contributed by atoms with E-state index in [1.807, 2.05) is 0 Å². The first kappa shape index (κ1) is 22.4. The normalized spacial score (nSPS) is 15.0. The second kappa shape index (κ2) is 10.1. The molecular formula is C20H24ClN3O5S. The lowest BCUT2D eigenvalue weighted by molar-refractivity contribution is -0.135. The predicted molar refractivity (Wildman–Crippen MR) is 116 cm³/mol. The first-order valence-electron chi connectivity index (χ1n) is 9.50. The SMILES string of the molecule is O=C(O)CN(c1ccc(Cl)cc1)S(=O)(=O)c1ccc(NCCN2CCOCC2)cc1. The van der Waals surface area contributed by atoms with E-state index in [0.29, 0.717) is 5.02 Å². The summed E-state index contributed by atoms with van der Waals surface area (Å²) in [7, 11) is -4.06. The number of benzene rings is 2. The van der Waals surface area contributed by atoms with Gasteiger partial charge in [-0.15, -0.1) is 0 Å². The van der Waals surface area contributed by atoms with Gasteiger partial charge in [0, 0.05) is 36.9 Å². The average molecular weight is 454 g/mol. The number of carbonyl (C=O) groups is 1. The summed E-state index contributed by atoms with van der Waals surface area (Å²) in [6.07, 6.45) is 0. The molecule has 0 aromatic heterocycles. The monoisotopic (exact) mass is 453 g/mol. The van der Waals surface area contributed by atoms with Gasteiger partial charge < -0.3 is 15.2 Å². The van der Waals surface area contributed by atoms with Crippen LogP contribution in [0, 0.1) is 0 Å². The molecule has 30 heavy (non-hydrogen) atoms. The number of aliphatic carboxylic acids is 1. The van der Waals surface area contributed by atoms with E-state index in [0.717, 1.165) is 49.4 Å². The molecule has 2 N–H and O–H groups in total. The number of anilines is 2. The molecule has 1 heterocycles. The summed E-state index contributed by atoms with van der Waals surface area (Å²) in [5, 5.41) is 12.9. The topological polar surface area (TPSA) is 99.2 Å². The van der Waals surface area contributed by atoms with Crippen molar-refractivity contribution >= 4 is 39.0 Å². The fourth-order valence-electron chi connectivity index (χ4n) is 3.10. The molecule has 10 heteroatoms. The van der Waals surface area contributed by atoms with Crippen molar-refractivity contribution in [2.45, 2.75) is 4.90 Å². The molecule has 0 spiro atoms. The van der Waals surface area contributed by atoms with Gasteiger partial charge in [-0.3, -0.25) is 14.0 Å². The molecule has 0 amide bonds. The van der Waals surface area contributed by atoms with Gasteiger partial charge in [0.25, 0.3) is 10.0 Å². The number of carboxylic acids is 1. The van der Waals surface area contributed by atoms with Gasteiger partial charge in [0.05, 0.1) is 23.8 Å². The van der Waals surface area contributed by atoms with E-state index in [-0.39, 0.29) is 10.6 Å². The smallest absolute Gasteiger partial charge is 0.324 e. The zero-order valence-electron chi connectivity index (χ0n) is 16.3. The minimum Gasteiger partial charge on any atom is -0.480 e. The van der Waals surface area contributed by atoms with Crippen molar-refractivity contribution < 1.29 is 23.1 Å². The van der Waals surface area contributed by atoms with Crippen LogP contribution in [0.5, 0.6) is 0 Å². The van der Waals surface area contributed by atoms with Crippen LogP contribution in [0.1, 0.15) is 0 Å². The Hall–Kier alpha value is -2.33. The molecule has 8 nitrogen and oxygen atoms in total. The number of rotatable bonds is 9. The Morgan fingerprint density at radius 1 is 1.10 bits per heavy atom. The zero-order chi connectivity index (χ0) is 21.6. The minimum atomic E-state index is -4.06. The van der Waals surface area contributed by atoms with Crippen LogP contribution >= 0.6 is 11.6 Å². The Morgan fingerprint density at radius 2 is 1.73 bits per heavy atom. The van der Waals surface area contributed by atoms with Crippen molar-refractivity contribution in [2.24, 2.45) is 0 Å². The van der Waals surface area contributed by atoms with Gasteiger partial charge in [0.15, 0.2) is 0 Å². The highest BCUT2D eigenvalue weighted by Crippen LogP contribution is 2.26. The molecule has 1 aliphatic heterocycles. The first-order valence-corrected chi connectivity index (χ1v) is 11.3. The fraction of sp³-hybridized carbons (Fsp3) is 0.350. The molecule has 1 saturated heterocycles. The van der Waals surface area contributed by atoms with E-state index in [1.165, 1.54) is 36.4 Å². The second-order valence-corrected chi connectivity index (χ2v) is 9.09. The summed E-state index contributed by atoms with van der Waals surface area (Å²) >= 11 is 5.86. The molecule has 0 bridgehead atoms. The quantitative estimate of drug-likeness (QED) is 0.601. The van der Waals surface area contributed by atoms with Crippen molar-refractivity contribution in [1.29, 1.82) is 0 Å². The van der Waals surface area contributed by atoms with E-state index in [9.17, 15) is 18.3 Å². The van der Waals surface area contributed by atoms with Crippen LogP contribution in [-0.4, -0.2) is 70.3 Å². The largest absolute Gasteiger partial charge is 0.480 e. The Morgan fingerprint density at radius 3 is 2.33 bits per heavy atom. The Bertz CT molecular complexity index is 945. The highest BCUT2D eigenvalue weighted by atomic mass is 35.5. The van der Waals surface area contributed by atoms with E-state index >= 15 is 0 Å². The van der Waals surface area contributed by atoms with E-state index < -0.39 is 22.5 Å². The lowest BCUT2D eigenvalue weighted by Crippen LogP contribution is -2.39. The highest BCUT2D eigenvalue weighted by Gasteiger charge is 2.27. The summed E-state index contributed by atoms with van der Waals surface area (Å²) < 4.78 is 32.3. The van der Waals surface area contributed by atoms with Gasteiger partial charge in [-0.05, 0) is 48.5 Å². The predicted octanol–water partition coefficient (Wildman–Crippen LogP) is 2.36. The van der Waals surface area contributed by atoms with Gasteiger partial charge >= 0.3 is 5.97 Å². The molecule has 0 radical (unpaired) electrons. The number of sulfonamides is 1. The van der Waals surface area contributed by atoms with Crippen molar-refractivity contribution in [3.63, 3.8) is 0 Å².